The highest BCUT2D eigenvalue weighted by atomic mass is 127. The van der Waals surface area contributed by atoms with Gasteiger partial charge in [-0.15, -0.1) is 24.0 Å². The Morgan fingerprint density at radius 3 is 2.43 bits per heavy atom. The van der Waals surface area contributed by atoms with Crippen LogP contribution >= 0.6 is 24.0 Å². The molecule has 1 fully saturated rings. The van der Waals surface area contributed by atoms with Crippen molar-refractivity contribution < 1.29 is 4.74 Å². The number of guanidine groups is 1. The number of aliphatic imine (C=N–C) groups is 1. The van der Waals surface area contributed by atoms with Crippen LogP contribution < -0.4 is 10.6 Å². The molecule has 6 heteroatoms. The Balaban J connectivity index is 0.00000400. The zero-order chi connectivity index (χ0) is 14.8. The summed E-state index contributed by atoms with van der Waals surface area (Å²) in [4.78, 5) is 7.00. The monoisotopic (exact) mass is 412 g/mol. The van der Waals surface area contributed by atoms with Gasteiger partial charge in [-0.1, -0.05) is 6.92 Å². The molecule has 0 saturated carbocycles. The molecule has 126 valence electrons. The molecule has 1 saturated heterocycles. The minimum absolute atomic E-state index is 0. The minimum atomic E-state index is 0. The lowest BCUT2D eigenvalue weighted by Crippen LogP contribution is -2.46. The summed E-state index contributed by atoms with van der Waals surface area (Å²) in [6.45, 7) is 14.5. The SMILES string of the molecule is CCCN=C(NCC)NCCCN1CC(C)OC(C)C1.I. The normalized spacial score (nSPS) is 23.5. The molecule has 0 aromatic rings. The molecule has 1 aliphatic rings. The molecular weight excluding hydrogens is 379 g/mol. The van der Waals surface area contributed by atoms with Crippen molar-refractivity contribution in [2.75, 3.05) is 39.3 Å². The minimum Gasteiger partial charge on any atom is -0.373 e. The summed E-state index contributed by atoms with van der Waals surface area (Å²) in [5.41, 5.74) is 0. The van der Waals surface area contributed by atoms with Crippen LogP contribution in [0.3, 0.4) is 0 Å². The van der Waals surface area contributed by atoms with E-state index >= 15 is 0 Å². The second-order valence-corrected chi connectivity index (χ2v) is 5.56. The zero-order valence-electron chi connectivity index (χ0n) is 14.0. The van der Waals surface area contributed by atoms with Crippen molar-refractivity contribution in [1.82, 2.24) is 15.5 Å². The zero-order valence-corrected chi connectivity index (χ0v) is 16.4. The predicted molar refractivity (Wildman–Crippen MR) is 101 cm³/mol. The van der Waals surface area contributed by atoms with E-state index in [9.17, 15) is 0 Å². The van der Waals surface area contributed by atoms with E-state index in [4.69, 9.17) is 4.74 Å². The lowest BCUT2D eigenvalue weighted by atomic mass is 10.2. The molecule has 21 heavy (non-hydrogen) atoms. The number of morpholine rings is 1. The Bertz CT molecular complexity index is 279. The molecule has 0 aromatic carbocycles. The van der Waals surface area contributed by atoms with Crippen LogP contribution in [0.4, 0.5) is 0 Å². The van der Waals surface area contributed by atoms with Crippen molar-refractivity contribution in [3.05, 3.63) is 0 Å². The summed E-state index contributed by atoms with van der Waals surface area (Å²) in [7, 11) is 0. The first-order chi connectivity index (χ1) is 9.65. The molecule has 2 N–H and O–H groups in total. The fraction of sp³-hybridized carbons (Fsp3) is 0.933. The largest absolute Gasteiger partial charge is 0.373 e. The summed E-state index contributed by atoms with van der Waals surface area (Å²) in [6, 6.07) is 0. The fourth-order valence-corrected chi connectivity index (χ4v) is 2.54. The maximum atomic E-state index is 5.75. The third kappa shape index (κ3) is 9.52. The second kappa shape index (κ2) is 12.5. The van der Waals surface area contributed by atoms with E-state index in [-0.39, 0.29) is 24.0 Å². The van der Waals surface area contributed by atoms with E-state index in [1.165, 1.54) is 0 Å². The van der Waals surface area contributed by atoms with Crippen molar-refractivity contribution in [3.8, 4) is 0 Å². The van der Waals surface area contributed by atoms with Gasteiger partial charge in [-0.2, -0.15) is 0 Å². The lowest BCUT2D eigenvalue weighted by Gasteiger charge is -2.35. The number of rotatable bonds is 7. The van der Waals surface area contributed by atoms with Crippen molar-refractivity contribution in [3.63, 3.8) is 0 Å². The molecular formula is C15H33IN4O. The Hall–Kier alpha value is -0.0800. The maximum Gasteiger partial charge on any atom is 0.191 e. The first-order valence-electron chi connectivity index (χ1n) is 8.05. The molecule has 0 aromatic heterocycles. The molecule has 0 spiro atoms. The van der Waals surface area contributed by atoms with Gasteiger partial charge in [0.15, 0.2) is 5.96 Å². The average Bonchev–Trinajstić information content (AvgIpc) is 2.39. The highest BCUT2D eigenvalue weighted by molar-refractivity contribution is 14.0. The number of hydrogen-bond acceptors (Lipinski definition) is 3. The summed E-state index contributed by atoms with van der Waals surface area (Å²) < 4.78 is 5.75. The molecule has 2 atom stereocenters. The number of nitrogens with one attached hydrogen (secondary N) is 2. The van der Waals surface area contributed by atoms with E-state index in [2.05, 4.69) is 48.2 Å². The fourth-order valence-electron chi connectivity index (χ4n) is 2.54. The van der Waals surface area contributed by atoms with Crippen LogP contribution in [0.5, 0.6) is 0 Å². The van der Waals surface area contributed by atoms with E-state index in [0.717, 1.165) is 58.1 Å². The molecule has 5 nitrogen and oxygen atoms in total. The van der Waals surface area contributed by atoms with Crippen LogP contribution in [0.15, 0.2) is 4.99 Å². The number of halogens is 1. The van der Waals surface area contributed by atoms with Crippen LogP contribution in [-0.2, 0) is 4.74 Å². The molecule has 0 radical (unpaired) electrons. The summed E-state index contributed by atoms with van der Waals surface area (Å²) in [6.07, 6.45) is 2.93. The van der Waals surface area contributed by atoms with Crippen LogP contribution in [0.1, 0.15) is 40.5 Å². The van der Waals surface area contributed by atoms with E-state index in [1.54, 1.807) is 0 Å². The van der Waals surface area contributed by atoms with E-state index in [0.29, 0.717) is 12.2 Å². The molecule has 1 heterocycles. The van der Waals surface area contributed by atoms with Gasteiger partial charge in [0, 0.05) is 39.3 Å². The summed E-state index contributed by atoms with van der Waals surface area (Å²) in [5, 5.41) is 6.67. The lowest BCUT2D eigenvalue weighted by molar-refractivity contribution is -0.0679. The van der Waals surface area contributed by atoms with Gasteiger partial charge in [0.2, 0.25) is 0 Å². The standard InChI is InChI=1S/C15H32N4O.HI/c1-5-8-17-15(16-6-2)18-9-7-10-19-11-13(3)20-14(4)12-19;/h13-14H,5-12H2,1-4H3,(H2,16,17,18);1H. The van der Waals surface area contributed by atoms with Crippen molar-refractivity contribution in [1.29, 1.82) is 0 Å². The molecule has 0 bridgehead atoms. The van der Waals surface area contributed by atoms with E-state index < -0.39 is 0 Å². The first-order valence-corrected chi connectivity index (χ1v) is 8.05. The number of ether oxygens (including phenoxy) is 1. The van der Waals surface area contributed by atoms with Crippen molar-refractivity contribution in [2.45, 2.75) is 52.7 Å². The van der Waals surface area contributed by atoms with E-state index in [1.807, 2.05) is 0 Å². The van der Waals surface area contributed by atoms with Gasteiger partial charge in [0.05, 0.1) is 12.2 Å². The molecule has 1 aliphatic heterocycles. The summed E-state index contributed by atoms with van der Waals surface area (Å²) >= 11 is 0. The van der Waals surface area contributed by atoms with Crippen LogP contribution in [0, 0.1) is 0 Å². The van der Waals surface area contributed by atoms with Gasteiger partial charge in [-0.3, -0.25) is 9.89 Å². The maximum absolute atomic E-state index is 5.75. The second-order valence-electron chi connectivity index (χ2n) is 5.56. The quantitative estimate of drug-likeness (QED) is 0.291. The predicted octanol–water partition coefficient (Wildman–Crippen LogP) is 2.07. The Labute approximate surface area is 147 Å². The molecule has 0 aliphatic carbocycles. The van der Waals surface area contributed by atoms with Crippen molar-refractivity contribution >= 4 is 29.9 Å². The molecule has 0 amide bonds. The Kier molecular flexibility index (Phi) is 12.4. The van der Waals surface area contributed by atoms with Gasteiger partial charge in [0.1, 0.15) is 0 Å². The molecule has 2 unspecified atom stereocenters. The van der Waals surface area contributed by atoms with Gasteiger partial charge in [-0.05, 0) is 33.6 Å². The Morgan fingerprint density at radius 2 is 1.86 bits per heavy atom. The number of nitrogens with zero attached hydrogens (tertiary/aromatic N) is 2. The third-order valence-electron chi connectivity index (χ3n) is 3.28. The van der Waals surface area contributed by atoms with Crippen molar-refractivity contribution in [2.24, 2.45) is 4.99 Å². The molecule has 1 rings (SSSR count). The van der Waals surface area contributed by atoms with Gasteiger partial charge in [0.25, 0.3) is 0 Å². The van der Waals surface area contributed by atoms with Crippen LogP contribution in [0.25, 0.3) is 0 Å². The Morgan fingerprint density at radius 1 is 1.19 bits per heavy atom. The van der Waals surface area contributed by atoms with Crippen LogP contribution in [0.2, 0.25) is 0 Å². The third-order valence-corrected chi connectivity index (χ3v) is 3.28. The van der Waals surface area contributed by atoms with Gasteiger partial charge >= 0.3 is 0 Å². The van der Waals surface area contributed by atoms with Crippen LogP contribution in [-0.4, -0.2) is 62.3 Å². The highest BCUT2D eigenvalue weighted by Crippen LogP contribution is 2.10. The summed E-state index contributed by atoms with van der Waals surface area (Å²) in [5.74, 6) is 0.943. The number of hydrogen-bond donors (Lipinski definition) is 2. The average molecular weight is 412 g/mol. The smallest absolute Gasteiger partial charge is 0.191 e. The highest BCUT2D eigenvalue weighted by Gasteiger charge is 2.21. The van der Waals surface area contributed by atoms with Gasteiger partial charge in [-0.25, -0.2) is 0 Å². The first kappa shape index (κ1) is 20.9. The topological polar surface area (TPSA) is 48.9 Å². The van der Waals surface area contributed by atoms with Gasteiger partial charge < -0.3 is 15.4 Å².